The van der Waals surface area contributed by atoms with E-state index in [0.717, 1.165) is 25.1 Å². The van der Waals surface area contributed by atoms with Crippen LogP contribution < -0.4 is 5.32 Å². The fourth-order valence-electron chi connectivity index (χ4n) is 1.72. The highest BCUT2D eigenvalue weighted by Crippen LogP contribution is 2.08. The van der Waals surface area contributed by atoms with E-state index >= 15 is 0 Å². The lowest BCUT2D eigenvalue weighted by atomic mass is 10.1. The van der Waals surface area contributed by atoms with Crippen LogP contribution in [0.2, 0.25) is 0 Å². The summed E-state index contributed by atoms with van der Waals surface area (Å²) in [5.74, 6) is 2.29. The van der Waals surface area contributed by atoms with Crippen molar-refractivity contribution in [2.45, 2.75) is 45.6 Å². The number of rotatable bonds is 6. The maximum Gasteiger partial charge on any atom is 0.217 e. The molecule has 0 unspecified atom stereocenters. The first kappa shape index (κ1) is 13.8. The Kier molecular flexibility index (Phi) is 4.37. The molecule has 5 heteroatoms. The quantitative estimate of drug-likeness (QED) is 0.867. The summed E-state index contributed by atoms with van der Waals surface area (Å²) in [5, 5.41) is 11.5. The zero-order valence-corrected chi connectivity index (χ0v) is 11.8. The average molecular weight is 263 g/mol. The highest BCUT2D eigenvalue weighted by Gasteiger charge is 2.10. The number of hydrogen-bond acceptors (Lipinski definition) is 5. The normalized spacial score (nSPS) is 11.9. The molecule has 2 rings (SSSR count). The number of nitrogens with one attached hydrogen (secondary N) is 1. The summed E-state index contributed by atoms with van der Waals surface area (Å²) in [4.78, 5) is 0. The van der Waals surface area contributed by atoms with Gasteiger partial charge in [-0.3, -0.25) is 0 Å². The second-order valence-electron chi connectivity index (χ2n) is 5.60. The van der Waals surface area contributed by atoms with Crippen LogP contribution in [0.5, 0.6) is 0 Å². The number of hydrogen-bond donors (Lipinski definition) is 1. The minimum Gasteiger partial charge on any atom is -0.469 e. The average Bonchev–Trinajstić information content (AvgIpc) is 2.94. The van der Waals surface area contributed by atoms with Gasteiger partial charge in [0.15, 0.2) is 0 Å². The smallest absolute Gasteiger partial charge is 0.217 e. The molecule has 0 bridgehead atoms. The van der Waals surface area contributed by atoms with Crippen LogP contribution in [0.3, 0.4) is 0 Å². The molecular weight excluding hydrogens is 242 g/mol. The molecule has 0 saturated carbocycles. The Morgan fingerprint density at radius 3 is 2.47 bits per heavy atom. The minimum atomic E-state index is 0.113. The van der Waals surface area contributed by atoms with E-state index in [9.17, 15) is 0 Å². The highest BCUT2D eigenvalue weighted by atomic mass is 16.4. The lowest BCUT2D eigenvalue weighted by Gasteiger charge is -2.19. The van der Waals surface area contributed by atoms with Crippen LogP contribution >= 0.6 is 0 Å². The van der Waals surface area contributed by atoms with Gasteiger partial charge in [-0.25, -0.2) is 0 Å². The predicted molar refractivity (Wildman–Crippen MR) is 71.9 cm³/mol. The fraction of sp³-hybridized carbons (Fsp3) is 0.571. The van der Waals surface area contributed by atoms with Gasteiger partial charge < -0.3 is 14.2 Å². The third-order valence-corrected chi connectivity index (χ3v) is 2.67. The van der Waals surface area contributed by atoms with E-state index in [4.69, 9.17) is 8.83 Å². The van der Waals surface area contributed by atoms with Crippen molar-refractivity contribution in [1.29, 1.82) is 0 Å². The number of nitrogens with zero attached hydrogens (tertiary/aromatic N) is 2. The first-order chi connectivity index (χ1) is 9.03. The van der Waals surface area contributed by atoms with Crippen LogP contribution in [0, 0.1) is 0 Å². The Hall–Kier alpha value is -1.62. The molecule has 0 radical (unpaired) electrons. The Morgan fingerprint density at radius 1 is 1.11 bits per heavy atom. The molecule has 0 fully saturated rings. The molecule has 2 heterocycles. The van der Waals surface area contributed by atoms with Crippen molar-refractivity contribution in [2.75, 3.05) is 6.54 Å². The molecule has 0 amide bonds. The first-order valence-corrected chi connectivity index (χ1v) is 6.61. The van der Waals surface area contributed by atoms with Gasteiger partial charge in [-0.1, -0.05) is 0 Å². The van der Waals surface area contributed by atoms with Gasteiger partial charge in [0.1, 0.15) is 5.76 Å². The van der Waals surface area contributed by atoms with Crippen LogP contribution in [0.25, 0.3) is 0 Å². The van der Waals surface area contributed by atoms with E-state index in [1.165, 1.54) is 0 Å². The topological polar surface area (TPSA) is 64.1 Å². The van der Waals surface area contributed by atoms with Crippen molar-refractivity contribution in [1.82, 2.24) is 15.5 Å². The second kappa shape index (κ2) is 6.02. The van der Waals surface area contributed by atoms with Crippen molar-refractivity contribution in [3.8, 4) is 0 Å². The molecule has 0 aliphatic rings. The summed E-state index contributed by atoms with van der Waals surface area (Å²) < 4.78 is 10.9. The molecule has 0 atom stereocenters. The number of furan rings is 1. The third-order valence-electron chi connectivity index (χ3n) is 2.67. The van der Waals surface area contributed by atoms with Crippen LogP contribution in [0.4, 0.5) is 0 Å². The zero-order valence-electron chi connectivity index (χ0n) is 11.8. The summed E-state index contributed by atoms with van der Waals surface area (Å²) in [6, 6.07) is 3.83. The van der Waals surface area contributed by atoms with E-state index < -0.39 is 0 Å². The maximum absolute atomic E-state index is 5.59. The molecule has 19 heavy (non-hydrogen) atoms. The Morgan fingerprint density at radius 2 is 1.84 bits per heavy atom. The van der Waals surface area contributed by atoms with E-state index in [-0.39, 0.29) is 5.54 Å². The number of aryl methyl sites for hydroxylation is 2. The molecule has 0 saturated heterocycles. The molecule has 0 aliphatic carbocycles. The van der Waals surface area contributed by atoms with Gasteiger partial charge in [0.05, 0.1) is 6.26 Å². The molecule has 1 N–H and O–H groups in total. The van der Waals surface area contributed by atoms with Gasteiger partial charge >= 0.3 is 0 Å². The number of aromatic nitrogens is 2. The molecule has 0 aromatic carbocycles. The zero-order chi connectivity index (χ0) is 13.7. The van der Waals surface area contributed by atoms with Crippen molar-refractivity contribution in [2.24, 2.45) is 0 Å². The molecule has 0 spiro atoms. The van der Waals surface area contributed by atoms with Gasteiger partial charge in [0.25, 0.3) is 0 Å². The van der Waals surface area contributed by atoms with Gasteiger partial charge in [-0.05, 0) is 32.9 Å². The largest absolute Gasteiger partial charge is 0.469 e. The van der Waals surface area contributed by atoms with Gasteiger partial charge in [0, 0.05) is 31.3 Å². The summed E-state index contributed by atoms with van der Waals surface area (Å²) >= 11 is 0. The van der Waals surface area contributed by atoms with Crippen molar-refractivity contribution < 1.29 is 8.83 Å². The summed E-state index contributed by atoms with van der Waals surface area (Å²) in [6.07, 6.45) is 3.93. The second-order valence-corrected chi connectivity index (χ2v) is 5.60. The SMILES string of the molecule is CC(C)(C)NCCc1nnc(CCc2ccco2)o1. The first-order valence-electron chi connectivity index (χ1n) is 6.61. The molecule has 104 valence electrons. The van der Waals surface area contributed by atoms with E-state index in [1.807, 2.05) is 12.1 Å². The van der Waals surface area contributed by atoms with Crippen LogP contribution in [0.15, 0.2) is 27.2 Å². The molecule has 2 aromatic rings. The fourth-order valence-corrected chi connectivity index (χ4v) is 1.72. The molecule has 2 aromatic heterocycles. The van der Waals surface area contributed by atoms with Crippen molar-refractivity contribution in [3.63, 3.8) is 0 Å². The summed E-state index contributed by atoms with van der Waals surface area (Å²) in [5.41, 5.74) is 0.113. The van der Waals surface area contributed by atoms with Crippen molar-refractivity contribution in [3.05, 3.63) is 35.9 Å². The van der Waals surface area contributed by atoms with E-state index in [1.54, 1.807) is 6.26 Å². The summed E-state index contributed by atoms with van der Waals surface area (Å²) in [7, 11) is 0. The summed E-state index contributed by atoms with van der Waals surface area (Å²) in [6.45, 7) is 7.24. The van der Waals surface area contributed by atoms with E-state index in [0.29, 0.717) is 18.2 Å². The molecule has 5 nitrogen and oxygen atoms in total. The lowest BCUT2D eigenvalue weighted by Crippen LogP contribution is -2.37. The van der Waals surface area contributed by atoms with Crippen LogP contribution in [-0.2, 0) is 19.3 Å². The molecular formula is C14H21N3O2. The standard InChI is InChI=1S/C14H21N3O2/c1-14(2,3)15-9-8-13-17-16-12(19-13)7-6-11-5-4-10-18-11/h4-5,10,15H,6-9H2,1-3H3. The predicted octanol–water partition coefficient (Wildman–Crippen LogP) is 2.38. The van der Waals surface area contributed by atoms with Crippen LogP contribution in [-0.4, -0.2) is 22.3 Å². The van der Waals surface area contributed by atoms with Gasteiger partial charge in [0.2, 0.25) is 11.8 Å². The highest BCUT2D eigenvalue weighted by molar-refractivity contribution is 4.99. The maximum atomic E-state index is 5.59. The Balaban J connectivity index is 1.75. The molecule has 0 aliphatic heterocycles. The van der Waals surface area contributed by atoms with Gasteiger partial charge in [-0.15, -0.1) is 10.2 Å². The van der Waals surface area contributed by atoms with Gasteiger partial charge in [-0.2, -0.15) is 0 Å². The monoisotopic (exact) mass is 263 g/mol. The third kappa shape index (κ3) is 4.87. The van der Waals surface area contributed by atoms with Crippen LogP contribution in [0.1, 0.15) is 38.3 Å². The minimum absolute atomic E-state index is 0.113. The lowest BCUT2D eigenvalue weighted by molar-refractivity contribution is 0.398. The Bertz CT molecular complexity index is 483. The van der Waals surface area contributed by atoms with Crippen molar-refractivity contribution >= 4 is 0 Å². The van der Waals surface area contributed by atoms with E-state index in [2.05, 4.69) is 36.3 Å². The Labute approximate surface area is 113 Å².